The van der Waals surface area contributed by atoms with Gasteiger partial charge in [-0.25, -0.2) is 9.79 Å². The molecule has 0 aliphatic carbocycles. The van der Waals surface area contributed by atoms with E-state index in [0.717, 1.165) is 34.6 Å². The summed E-state index contributed by atoms with van der Waals surface area (Å²) < 4.78 is 39.9. The van der Waals surface area contributed by atoms with Crippen molar-refractivity contribution in [3.05, 3.63) is 64.7 Å². The summed E-state index contributed by atoms with van der Waals surface area (Å²) in [6, 6.07) is 10.3. The van der Waals surface area contributed by atoms with Gasteiger partial charge in [0.2, 0.25) is 0 Å². The normalized spacial score (nSPS) is 14.9. The molecule has 2 aromatic carbocycles. The fourth-order valence-corrected chi connectivity index (χ4v) is 3.61. The number of rotatable bonds is 3. The van der Waals surface area contributed by atoms with Gasteiger partial charge in [0.05, 0.1) is 5.56 Å². The van der Waals surface area contributed by atoms with Gasteiger partial charge in [-0.15, -0.1) is 0 Å². The molecule has 2 N–H and O–H groups in total. The quantitative estimate of drug-likeness (QED) is 0.490. The monoisotopic (exact) mass is 368 g/mol. The molecule has 0 bridgehead atoms. The van der Waals surface area contributed by atoms with Crippen LogP contribution >= 0.6 is 11.9 Å². The minimum Gasteiger partial charge on any atom is -0.288 e. The molecule has 0 spiro atoms. The number of hydroxylamine groups is 1. The Labute approximate surface area is 146 Å². The number of nitrogens with zero attached hydrogens (tertiary/aromatic N) is 1. The predicted molar refractivity (Wildman–Crippen MR) is 87.1 cm³/mol. The first-order valence-corrected chi connectivity index (χ1v) is 8.30. The van der Waals surface area contributed by atoms with E-state index in [1.807, 2.05) is 6.07 Å². The van der Waals surface area contributed by atoms with Crippen molar-refractivity contribution in [2.24, 2.45) is 0 Å². The molecule has 0 unspecified atom stereocenters. The summed E-state index contributed by atoms with van der Waals surface area (Å²) in [7, 11) is 0. The van der Waals surface area contributed by atoms with Crippen LogP contribution in [0.2, 0.25) is 0 Å². The second-order valence-electron chi connectivity index (χ2n) is 5.65. The van der Waals surface area contributed by atoms with Gasteiger partial charge in [-0.2, -0.15) is 13.2 Å². The molecule has 3 rings (SSSR count). The van der Waals surface area contributed by atoms with Gasteiger partial charge in [-0.1, -0.05) is 6.07 Å². The lowest BCUT2D eigenvalue weighted by molar-refractivity contribution is -0.137. The zero-order valence-electron chi connectivity index (χ0n) is 13.0. The number of carbonyl (C=O) groups is 1. The average Bonchev–Trinajstić information content (AvgIpc) is 2.60. The summed E-state index contributed by atoms with van der Waals surface area (Å²) in [5, 5.41) is 8.69. The van der Waals surface area contributed by atoms with E-state index in [1.54, 1.807) is 17.6 Å². The molecular weight excluding hydrogens is 353 g/mol. The number of halogens is 3. The number of hydrogen-bond acceptors (Lipinski definition) is 4. The van der Waals surface area contributed by atoms with Crippen molar-refractivity contribution in [2.45, 2.75) is 24.0 Å². The van der Waals surface area contributed by atoms with E-state index in [1.165, 1.54) is 24.1 Å². The van der Waals surface area contributed by atoms with Gasteiger partial charge in [0.1, 0.15) is 0 Å². The van der Waals surface area contributed by atoms with E-state index in [2.05, 4.69) is 4.31 Å². The highest BCUT2D eigenvalue weighted by molar-refractivity contribution is 7.97. The number of hydrogen-bond donors (Lipinski definition) is 2. The lowest BCUT2D eigenvalue weighted by Crippen LogP contribution is -2.25. The van der Waals surface area contributed by atoms with Gasteiger partial charge in [-0.05, 0) is 65.9 Å². The van der Waals surface area contributed by atoms with Crippen LogP contribution < -0.4 is 5.48 Å². The van der Waals surface area contributed by atoms with Crippen molar-refractivity contribution in [1.82, 2.24) is 9.79 Å². The van der Waals surface area contributed by atoms with Gasteiger partial charge in [0, 0.05) is 23.5 Å². The van der Waals surface area contributed by atoms with Crippen molar-refractivity contribution in [3.8, 4) is 0 Å². The highest BCUT2D eigenvalue weighted by atomic mass is 32.2. The Morgan fingerprint density at radius 2 is 1.84 bits per heavy atom. The molecule has 2 aromatic rings. The van der Waals surface area contributed by atoms with Crippen LogP contribution in [0.25, 0.3) is 0 Å². The van der Waals surface area contributed by atoms with E-state index < -0.39 is 17.6 Å². The first kappa shape index (κ1) is 17.8. The molecule has 8 heteroatoms. The van der Waals surface area contributed by atoms with Crippen molar-refractivity contribution >= 4 is 17.9 Å². The zero-order chi connectivity index (χ0) is 18.0. The second-order valence-corrected chi connectivity index (χ2v) is 6.82. The van der Waals surface area contributed by atoms with Crippen LogP contribution in [0.15, 0.2) is 47.4 Å². The molecule has 1 aliphatic heterocycles. The van der Waals surface area contributed by atoms with Gasteiger partial charge >= 0.3 is 6.18 Å². The SMILES string of the molecule is O=C(NO)c1ccc2c(c1)CCN(Sc1ccc(C(F)(F)F)cc1)C2. The molecule has 1 aliphatic rings. The summed E-state index contributed by atoms with van der Waals surface area (Å²) in [4.78, 5) is 12.2. The smallest absolute Gasteiger partial charge is 0.288 e. The summed E-state index contributed by atoms with van der Waals surface area (Å²) in [6.45, 7) is 1.34. The Balaban J connectivity index is 1.68. The number of amides is 1. The summed E-state index contributed by atoms with van der Waals surface area (Å²) >= 11 is 1.41. The Morgan fingerprint density at radius 3 is 2.48 bits per heavy atom. The molecular formula is C17H15F3N2O2S. The Kier molecular flexibility index (Phi) is 5.03. The maximum atomic E-state index is 12.6. The first-order chi connectivity index (χ1) is 11.9. The summed E-state index contributed by atoms with van der Waals surface area (Å²) in [5.74, 6) is -0.552. The van der Waals surface area contributed by atoms with E-state index >= 15 is 0 Å². The van der Waals surface area contributed by atoms with Crippen molar-refractivity contribution in [1.29, 1.82) is 0 Å². The fourth-order valence-electron chi connectivity index (χ4n) is 2.66. The van der Waals surface area contributed by atoms with Crippen LogP contribution in [0.4, 0.5) is 13.2 Å². The van der Waals surface area contributed by atoms with Gasteiger partial charge in [0.25, 0.3) is 5.91 Å². The van der Waals surface area contributed by atoms with E-state index in [-0.39, 0.29) is 0 Å². The van der Waals surface area contributed by atoms with Gasteiger partial charge in [0.15, 0.2) is 0 Å². The average molecular weight is 368 g/mol. The minimum absolute atomic E-state index is 0.394. The molecule has 0 aromatic heterocycles. The Morgan fingerprint density at radius 1 is 1.12 bits per heavy atom. The molecule has 0 saturated heterocycles. The molecule has 1 heterocycles. The number of nitrogens with one attached hydrogen (secondary N) is 1. The highest BCUT2D eigenvalue weighted by Crippen LogP contribution is 2.33. The summed E-state index contributed by atoms with van der Waals surface area (Å²) in [6.07, 6.45) is -3.61. The lowest BCUT2D eigenvalue weighted by atomic mass is 9.98. The second kappa shape index (κ2) is 7.07. The van der Waals surface area contributed by atoms with Crippen LogP contribution in [-0.2, 0) is 19.1 Å². The van der Waals surface area contributed by atoms with Crippen molar-refractivity contribution in [2.75, 3.05) is 6.54 Å². The van der Waals surface area contributed by atoms with Crippen LogP contribution in [0, 0.1) is 0 Å². The third kappa shape index (κ3) is 4.15. The number of carbonyl (C=O) groups excluding carboxylic acids is 1. The lowest BCUT2D eigenvalue weighted by Gasteiger charge is -2.28. The Hall–Kier alpha value is -2.03. The third-order valence-electron chi connectivity index (χ3n) is 3.96. The maximum absolute atomic E-state index is 12.6. The number of fused-ring (bicyclic) bond motifs is 1. The Bertz CT molecular complexity index is 778. The minimum atomic E-state index is -4.33. The molecule has 132 valence electrons. The van der Waals surface area contributed by atoms with Crippen molar-refractivity contribution in [3.63, 3.8) is 0 Å². The number of alkyl halides is 3. The van der Waals surface area contributed by atoms with E-state index in [0.29, 0.717) is 18.7 Å². The maximum Gasteiger partial charge on any atom is 0.416 e. The molecule has 0 radical (unpaired) electrons. The molecule has 0 fully saturated rings. The molecule has 0 atom stereocenters. The van der Waals surface area contributed by atoms with Crippen LogP contribution in [0.3, 0.4) is 0 Å². The number of benzene rings is 2. The standard InChI is InChI=1S/C17H15F3N2O2S/c18-17(19,20)14-3-5-15(6-4-14)25-22-8-7-11-9-12(16(23)21-24)1-2-13(11)10-22/h1-6,9,24H,7-8,10H2,(H,21,23). The topological polar surface area (TPSA) is 52.6 Å². The third-order valence-corrected chi connectivity index (χ3v) is 5.02. The molecule has 0 saturated carbocycles. The van der Waals surface area contributed by atoms with Crippen LogP contribution in [0.1, 0.15) is 27.0 Å². The van der Waals surface area contributed by atoms with Crippen molar-refractivity contribution < 1.29 is 23.2 Å². The predicted octanol–water partition coefficient (Wildman–Crippen LogP) is 3.89. The fraction of sp³-hybridized carbons (Fsp3) is 0.235. The summed E-state index contributed by atoms with van der Waals surface area (Å²) in [5.41, 5.74) is 3.44. The first-order valence-electron chi connectivity index (χ1n) is 7.53. The largest absolute Gasteiger partial charge is 0.416 e. The van der Waals surface area contributed by atoms with E-state index in [9.17, 15) is 18.0 Å². The zero-order valence-corrected chi connectivity index (χ0v) is 13.8. The van der Waals surface area contributed by atoms with E-state index in [4.69, 9.17) is 5.21 Å². The van der Waals surface area contributed by atoms with Gasteiger partial charge in [-0.3, -0.25) is 10.0 Å². The van der Waals surface area contributed by atoms with Crippen LogP contribution in [0.5, 0.6) is 0 Å². The van der Waals surface area contributed by atoms with Gasteiger partial charge < -0.3 is 0 Å². The highest BCUT2D eigenvalue weighted by Gasteiger charge is 2.30. The van der Waals surface area contributed by atoms with Crippen LogP contribution in [-0.4, -0.2) is 22.0 Å². The molecule has 1 amide bonds. The molecule has 25 heavy (non-hydrogen) atoms. The molecule has 4 nitrogen and oxygen atoms in total.